The van der Waals surface area contributed by atoms with Gasteiger partial charge in [-0.05, 0) is 43.7 Å². The molecule has 20 heavy (non-hydrogen) atoms. The van der Waals surface area contributed by atoms with Gasteiger partial charge in [-0.15, -0.1) is 0 Å². The molecular formula is C16H12ClFN2. The van der Waals surface area contributed by atoms with Gasteiger partial charge in [-0.1, -0.05) is 17.7 Å². The molecule has 0 spiro atoms. The number of benzene rings is 1. The molecule has 0 saturated heterocycles. The van der Waals surface area contributed by atoms with E-state index < -0.39 is 0 Å². The van der Waals surface area contributed by atoms with Gasteiger partial charge >= 0.3 is 0 Å². The molecule has 0 bridgehead atoms. The molecule has 3 aromatic rings. The van der Waals surface area contributed by atoms with Gasteiger partial charge < -0.3 is 0 Å². The van der Waals surface area contributed by atoms with Crippen LogP contribution in [0, 0.1) is 19.7 Å². The predicted molar refractivity (Wildman–Crippen MR) is 79.4 cm³/mol. The summed E-state index contributed by atoms with van der Waals surface area (Å²) in [4.78, 5) is 8.65. The van der Waals surface area contributed by atoms with Crippen LogP contribution in [0.4, 0.5) is 4.39 Å². The maximum Gasteiger partial charge on any atom is 0.129 e. The predicted octanol–water partition coefficient (Wildman–Crippen LogP) is 4.71. The van der Waals surface area contributed by atoms with E-state index in [1.54, 1.807) is 18.3 Å². The van der Waals surface area contributed by atoms with E-state index in [-0.39, 0.29) is 5.82 Å². The number of hydrogen-bond donors (Lipinski definition) is 0. The van der Waals surface area contributed by atoms with Gasteiger partial charge in [0.2, 0.25) is 0 Å². The first-order chi connectivity index (χ1) is 9.54. The van der Waals surface area contributed by atoms with Gasteiger partial charge in [0.1, 0.15) is 11.0 Å². The van der Waals surface area contributed by atoms with Crippen LogP contribution in [0.2, 0.25) is 5.15 Å². The summed E-state index contributed by atoms with van der Waals surface area (Å²) in [6, 6.07) is 8.42. The highest BCUT2D eigenvalue weighted by atomic mass is 35.5. The van der Waals surface area contributed by atoms with Gasteiger partial charge in [0.05, 0.1) is 5.69 Å². The molecule has 0 aliphatic carbocycles. The summed E-state index contributed by atoms with van der Waals surface area (Å²) in [6.07, 6.45) is 1.71. The second-order valence-corrected chi connectivity index (χ2v) is 5.17. The fraction of sp³-hybridized carbons (Fsp3) is 0.125. The average molecular weight is 287 g/mol. The highest BCUT2D eigenvalue weighted by Crippen LogP contribution is 2.28. The van der Waals surface area contributed by atoms with E-state index in [2.05, 4.69) is 9.97 Å². The van der Waals surface area contributed by atoms with E-state index in [0.717, 1.165) is 33.3 Å². The molecule has 100 valence electrons. The van der Waals surface area contributed by atoms with Crippen molar-refractivity contribution in [2.75, 3.05) is 0 Å². The first kappa shape index (κ1) is 13.0. The first-order valence-corrected chi connectivity index (χ1v) is 6.62. The molecule has 0 saturated carbocycles. The molecule has 1 aromatic carbocycles. The van der Waals surface area contributed by atoms with E-state index in [1.165, 1.54) is 12.1 Å². The minimum Gasteiger partial charge on any atom is -0.252 e. The molecule has 0 aliphatic rings. The second kappa shape index (κ2) is 4.84. The van der Waals surface area contributed by atoms with Crippen LogP contribution in [0.3, 0.4) is 0 Å². The van der Waals surface area contributed by atoms with Crippen molar-refractivity contribution in [3.8, 4) is 11.3 Å². The highest BCUT2D eigenvalue weighted by molar-refractivity contribution is 6.30. The van der Waals surface area contributed by atoms with Crippen LogP contribution >= 0.6 is 11.6 Å². The van der Waals surface area contributed by atoms with Gasteiger partial charge in [-0.3, -0.25) is 4.98 Å². The zero-order chi connectivity index (χ0) is 14.3. The zero-order valence-electron chi connectivity index (χ0n) is 11.1. The van der Waals surface area contributed by atoms with Crippen molar-refractivity contribution in [1.29, 1.82) is 0 Å². The minimum absolute atomic E-state index is 0.264. The Balaban J connectivity index is 2.27. The van der Waals surface area contributed by atoms with E-state index >= 15 is 0 Å². The molecule has 0 fully saturated rings. The SMILES string of the molecule is Cc1ccc(F)cc1-c1cc2cnc(Cl)cc2c(C)n1. The van der Waals surface area contributed by atoms with Crippen LogP contribution in [0.5, 0.6) is 0 Å². The summed E-state index contributed by atoms with van der Waals surface area (Å²) < 4.78 is 13.4. The van der Waals surface area contributed by atoms with E-state index in [1.807, 2.05) is 19.9 Å². The molecule has 4 heteroatoms. The number of nitrogens with zero attached hydrogens (tertiary/aromatic N) is 2. The van der Waals surface area contributed by atoms with Crippen molar-refractivity contribution in [2.45, 2.75) is 13.8 Å². The summed E-state index contributed by atoms with van der Waals surface area (Å²) in [5.74, 6) is -0.264. The van der Waals surface area contributed by atoms with Crippen LogP contribution < -0.4 is 0 Å². The van der Waals surface area contributed by atoms with Gasteiger partial charge in [0.25, 0.3) is 0 Å². The number of aromatic nitrogens is 2. The third-order valence-corrected chi connectivity index (χ3v) is 3.55. The Morgan fingerprint density at radius 3 is 2.70 bits per heavy atom. The molecule has 0 unspecified atom stereocenters. The topological polar surface area (TPSA) is 25.8 Å². The monoisotopic (exact) mass is 286 g/mol. The lowest BCUT2D eigenvalue weighted by atomic mass is 10.0. The molecule has 0 radical (unpaired) electrons. The number of pyridine rings is 2. The van der Waals surface area contributed by atoms with Crippen molar-refractivity contribution >= 4 is 22.4 Å². The normalized spacial score (nSPS) is 11.0. The third-order valence-electron chi connectivity index (χ3n) is 3.35. The van der Waals surface area contributed by atoms with E-state index in [0.29, 0.717) is 5.15 Å². The fourth-order valence-corrected chi connectivity index (χ4v) is 2.46. The Morgan fingerprint density at radius 2 is 1.90 bits per heavy atom. The maximum absolute atomic E-state index is 13.4. The van der Waals surface area contributed by atoms with Gasteiger partial charge in [-0.2, -0.15) is 0 Å². The number of hydrogen-bond acceptors (Lipinski definition) is 2. The standard InChI is InChI=1S/C16H12ClFN2/c1-9-3-4-12(18)6-13(9)15-5-11-8-19-16(17)7-14(11)10(2)20-15/h3-8H,1-2H3. The molecule has 2 aromatic heterocycles. The molecule has 0 amide bonds. The lowest BCUT2D eigenvalue weighted by molar-refractivity contribution is 0.628. The summed E-state index contributed by atoms with van der Waals surface area (Å²) in [6.45, 7) is 3.85. The van der Waals surface area contributed by atoms with Crippen molar-refractivity contribution in [3.05, 3.63) is 58.8 Å². The van der Waals surface area contributed by atoms with Crippen molar-refractivity contribution in [3.63, 3.8) is 0 Å². The van der Waals surface area contributed by atoms with Gasteiger partial charge in [0.15, 0.2) is 0 Å². The highest BCUT2D eigenvalue weighted by Gasteiger charge is 2.09. The molecule has 2 nitrogen and oxygen atoms in total. The number of halogens is 2. The van der Waals surface area contributed by atoms with Gasteiger partial charge in [-0.25, -0.2) is 9.37 Å². The lowest BCUT2D eigenvalue weighted by Crippen LogP contribution is -1.93. The van der Waals surface area contributed by atoms with Gasteiger partial charge in [0, 0.05) is 28.2 Å². The Morgan fingerprint density at radius 1 is 1.10 bits per heavy atom. The van der Waals surface area contributed by atoms with Crippen LogP contribution in [-0.2, 0) is 0 Å². The fourth-order valence-electron chi connectivity index (χ4n) is 2.30. The van der Waals surface area contributed by atoms with Crippen molar-refractivity contribution in [2.24, 2.45) is 0 Å². The molecule has 3 rings (SSSR count). The Hall–Kier alpha value is -2.00. The van der Waals surface area contributed by atoms with Crippen LogP contribution in [0.25, 0.3) is 22.0 Å². The zero-order valence-corrected chi connectivity index (χ0v) is 11.9. The Kier molecular flexibility index (Phi) is 3.14. The van der Waals surface area contributed by atoms with E-state index in [9.17, 15) is 4.39 Å². The van der Waals surface area contributed by atoms with Crippen molar-refractivity contribution in [1.82, 2.24) is 9.97 Å². The molecule has 0 aliphatic heterocycles. The largest absolute Gasteiger partial charge is 0.252 e. The number of fused-ring (bicyclic) bond motifs is 1. The Labute approximate surface area is 121 Å². The van der Waals surface area contributed by atoms with Crippen LogP contribution in [-0.4, -0.2) is 9.97 Å². The van der Waals surface area contributed by atoms with Crippen LogP contribution in [0.15, 0.2) is 36.5 Å². The summed E-state index contributed by atoms with van der Waals surface area (Å²) in [5.41, 5.74) is 3.38. The first-order valence-electron chi connectivity index (χ1n) is 6.24. The van der Waals surface area contributed by atoms with Crippen molar-refractivity contribution < 1.29 is 4.39 Å². The smallest absolute Gasteiger partial charge is 0.129 e. The lowest BCUT2D eigenvalue weighted by Gasteiger charge is -2.09. The molecular weight excluding hydrogens is 275 g/mol. The number of rotatable bonds is 1. The minimum atomic E-state index is -0.264. The summed E-state index contributed by atoms with van der Waals surface area (Å²) in [5, 5.41) is 2.35. The summed E-state index contributed by atoms with van der Waals surface area (Å²) in [7, 11) is 0. The van der Waals surface area contributed by atoms with E-state index in [4.69, 9.17) is 11.6 Å². The molecule has 2 heterocycles. The number of aryl methyl sites for hydroxylation is 2. The van der Waals surface area contributed by atoms with Crippen LogP contribution in [0.1, 0.15) is 11.3 Å². The quantitative estimate of drug-likeness (QED) is 0.606. The Bertz CT molecular complexity index is 815. The average Bonchev–Trinajstić information content (AvgIpc) is 2.42. The summed E-state index contributed by atoms with van der Waals surface area (Å²) >= 11 is 5.90. The molecule has 0 atom stereocenters. The second-order valence-electron chi connectivity index (χ2n) is 4.78. The maximum atomic E-state index is 13.4. The third kappa shape index (κ3) is 2.25. The molecule has 0 N–H and O–H groups in total.